The van der Waals surface area contributed by atoms with Gasteiger partial charge >= 0.3 is 0 Å². The van der Waals surface area contributed by atoms with Crippen LogP contribution in [0.2, 0.25) is 0 Å². The second-order valence-electron chi connectivity index (χ2n) is 32.6. The van der Waals surface area contributed by atoms with E-state index in [4.69, 9.17) is 0 Å². The summed E-state index contributed by atoms with van der Waals surface area (Å²) in [5.41, 5.74) is 0. The second-order valence-corrected chi connectivity index (χ2v) is 32.6. The standard InChI is InChI=1S/C17H32.5C9H18.3C8H16.2C2H6.5CH4/c1-15-9-7-13-17(14-8-10-15)16-11-5-3-2-4-6-12-16;5*1-9-7-5-3-2-4-6-8-9;3*1-2-4-6-8-7-5-3-1;2*1-2;;;;;/h15-17H,2-14H2,1H3;5*9H,2-8H2,1H3;3*1-8H2;2*1-2H3;5*1H4. The largest absolute Gasteiger partial charge is 0.0776 e. The van der Waals surface area contributed by atoms with Gasteiger partial charge in [0.05, 0.1) is 0 Å². The van der Waals surface area contributed by atoms with Gasteiger partial charge in [-0.3, -0.25) is 0 Å². The zero-order chi connectivity index (χ0) is 65.5. The van der Waals surface area contributed by atoms with Crippen LogP contribution < -0.4 is 0 Å². The lowest BCUT2D eigenvalue weighted by molar-refractivity contribution is 0.210. The van der Waals surface area contributed by atoms with E-state index in [0.29, 0.717) is 0 Å². The molecule has 95 heavy (non-hydrogen) atoms. The maximum atomic E-state index is 2.45. The molecular weight excluding hydrogens is 1140 g/mol. The lowest BCUT2D eigenvalue weighted by atomic mass is 9.75. The Morgan fingerprint density at radius 1 is 0.105 bits per heavy atom. The van der Waals surface area contributed by atoms with Gasteiger partial charge in [-0.1, -0.05) is 569 Å². The average molecular weight is 1340 g/mol. The first-order chi connectivity index (χ1) is 44.3. The van der Waals surface area contributed by atoms with Crippen molar-refractivity contribution in [1.29, 1.82) is 0 Å². The van der Waals surface area contributed by atoms with Crippen LogP contribution in [0.25, 0.3) is 0 Å². The highest BCUT2D eigenvalue weighted by Gasteiger charge is 2.23. The first-order valence-corrected chi connectivity index (χ1v) is 44.3. The van der Waals surface area contributed by atoms with Gasteiger partial charge in [0.2, 0.25) is 0 Å². The molecule has 0 bridgehead atoms. The molecule has 0 nitrogen and oxygen atoms in total. The third-order valence-corrected chi connectivity index (χ3v) is 23.3. The molecule has 0 heteroatoms. The first-order valence-electron chi connectivity index (χ1n) is 44.3. The molecule has 0 N–H and O–H groups in total. The van der Waals surface area contributed by atoms with E-state index in [-0.39, 0.29) is 37.1 Å². The highest BCUT2D eigenvalue weighted by molar-refractivity contribution is 4.76. The van der Waals surface area contributed by atoms with Gasteiger partial charge in [0.15, 0.2) is 0 Å². The Morgan fingerprint density at radius 3 is 0.295 bits per heavy atom. The van der Waals surface area contributed by atoms with Crippen LogP contribution in [0.1, 0.15) is 569 Å². The summed E-state index contributed by atoms with van der Waals surface area (Å²) in [5, 5.41) is 0. The van der Waals surface area contributed by atoms with E-state index < -0.39 is 0 Å². The van der Waals surface area contributed by atoms with E-state index in [9.17, 15) is 0 Å². The molecule has 0 aromatic rings. The molecule has 10 aliphatic carbocycles. The summed E-state index contributed by atoms with van der Waals surface area (Å²) < 4.78 is 0. The monoisotopic (exact) mass is 1340 g/mol. The fourth-order valence-corrected chi connectivity index (χ4v) is 16.7. The van der Waals surface area contributed by atoms with Gasteiger partial charge < -0.3 is 0 Å². The van der Waals surface area contributed by atoms with Crippen molar-refractivity contribution < 1.29 is 0 Å². The van der Waals surface area contributed by atoms with Gasteiger partial charge in [0.1, 0.15) is 0 Å². The Balaban J connectivity index is -0.000000234. The third kappa shape index (κ3) is 79.6. The molecule has 0 atom stereocenters. The van der Waals surface area contributed by atoms with Gasteiger partial charge in [-0.15, -0.1) is 0 Å². The Morgan fingerprint density at radius 2 is 0.179 bits per heavy atom. The van der Waals surface area contributed by atoms with Crippen molar-refractivity contribution in [2.75, 3.05) is 0 Å². The van der Waals surface area contributed by atoms with Crippen LogP contribution in [0.15, 0.2) is 0 Å². The minimum atomic E-state index is 0. The van der Waals surface area contributed by atoms with Crippen molar-refractivity contribution in [2.45, 2.75) is 569 Å². The first kappa shape index (κ1) is 106. The molecule has 0 spiro atoms. The van der Waals surface area contributed by atoms with Crippen molar-refractivity contribution in [2.24, 2.45) is 47.3 Å². The van der Waals surface area contributed by atoms with Crippen LogP contribution in [-0.4, -0.2) is 0 Å². The maximum Gasteiger partial charge on any atom is -0.0386 e. The molecule has 0 radical (unpaired) electrons. The smallest absolute Gasteiger partial charge is 0.0386 e. The zero-order valence-electron chi connectivity index (χ0n) is 65.5. The highest BCUT2D eigenvalue weighted by Crippen LogP contribution is 2.37. The molecule has 0 unspecified atom stereocenters. The number of hydrogen-bond acceptors (Lipinski definition) is 0. The summed E-state index contributed by atoms with van der Waals surface area (Å²) in [6.45, 7) is 22.4. The van der Waals surface area contributed by atoms with Crippen molar-refractivity contribution in [3.63, 3.8) is 0 Å². The van der Waals surface area contributed by atoms with Gasteiger partial charge in [-0.05, 0) is 47.3 Å². The van der Waals surface area contributed by atoms with Crippen LogP contribution in [0.4, 0.5) is 0 Å². The molecule has 10 saturated carbocycles. The topological polar surface area (TPSA) is 0 Å². The van der Waals surface area contributed by atoms with Gasteiger partial charge in [-0.25, -0.2) is 0 Å². The third-order valence-electron chi connectivity index (χ3n) is 23.3. The summed E-state index contributed by atoms with van der Waals surface area (Å²) >= 11 is 0. The van der Waals surface area contributed by atoms with Crippen LogP contribution in [0.5, 0.6) is 0 Å². The molecule has 10 rings (SSSR count). The van der Waals surface area contributed by atoms with Crippen molar-refractivity contribution in [3.8, 4) is 0 Å². The van der Waals surface area contributed by atoms with E-state index in [1.165, 1.54) is 437 Å². The molecule has 0 amide bonds. The molecule has 0 saturated heterocycles. The minimum Gasteiger partial charge on any atom is -0.0776 e. The number of rotatable bonds is 1. The summed E-state index contributed by atoms with van der Waals surface area (Å²) in [6.07, 6.45) is 108. The van der Waals surface area contributed by atoms with Crippen LogP contribution >= 0.6 is 0 Å². The van der Waals surface area contributed by atoms with Gasteiger partial charge in [-0.2, -0.15) is 0 Å². The quantitative estimate of drug-likeness (QED) is 0.245. The lowest BCUT2D eigenvalue weighted by Gasteiger charge is -2.31. The average Bonchev–Trinajstić information content (AvgIpc) is 2.24. The van der Waals surface area contributed by atoms with Gasteiger partial charge in [0.25, 0.3) is 0 Å². The second kappa shape index (κ2) is 88.2. The normalized spacial score (nSPS) is 24.2. The SMILES string of the molecule is C.C.C.C.C.C1CCCCCCC1.C1CCCCCCC1.C1CCCCCCC1.CC.CC.CC1CCCC(C2CCCCCCC2)CCC1.CC1CCCCCCC1.CC1CCCCCCC1.CC1CCCCCCC1.CC1CCCCCCC1.CC1CCCCCCC1. The summed E-state index contributed by atoms with van der Waals surface area (Å²) in [6, 6.07) is 0. The van der Waals surface area contributed by atoms with Crippen LogP contribution in [0.3, 0.4) is 0 Å². The predicted molar refractivity (Wildman–Crippen MR) is 451 cm³/mol. The summed E-state index contributed by atoms with van der Waals surface area (Å²) in [5.74, 6) is 8.30. The molecule has 10 fully saturated rings. The maximum absolute atomic E-state index is 2.45. The minimum absolute atomic E-state index is 0. The van der Waals surface area contributed by atoms with Crippen LogP contribution in [-0.2, 0) is 0 Å². The van der Waals surface area contributed by atoms with Gasteiger partial charge in [0, 0.05) is 0 Å². The molecule has 0 aliphatic heterocycles. The van der Waals surface area contributed by atoms with E-state index >= 15 is 0 Å². The zero-order valence-corrected chi connectivity index (χ0v) is 65.5. The Kier molecular flexibility index (Phi) is 98.4. The molecule has 0 aromatic carbocycles. The fourth-order valence-electron chi connectivity index (χ4n) is 16.7. The number of hydrogen-bond donors (Lipinski definition) is 0. The van der Waals surface area contributed by atoms with Crippen molar-refractivity contribution >= 4 is 0 Å². The summed E-state index contributed by atoms with van der Waals surface area (Å²) in [4.78, 5) is 0. The lowest BCUT2D eigenvalue weighted by Crippen LogP contribution is -2.18. The molecular formula is C95H202. The predicted octanol–water partition coefficient (Wildman–Crippen LogP) is 37.4. The molecule has 0 heterocycles. The highest BCUT2D eigenvalue weighted by atomic mass is 14.3. The fraction of sp³-hybridized carbons (Fsp3) is 1.00. The Bertz CT molecular complexity index is 980. The molecule has 0 aromatic heterocycles. The van der Waals surface area contributed by atoms with Crippen molar-refractivity contribution in [3.05, 3.63) is 0 Å². The van der Waals surface area contributed by atoms with E-state index in [1.54, 1.807) is 25.7 Å². The molecule has 582 valence electrons. The van der Waals surface area contributed by atoms with E-state index in [0.717, 1.165) is 47.3 Å². The van der Waals surface area contributed by atoms with E-state index in [2.05, 4.69) is 41.5 Å². The van der Waals surface area contributed by atoms with Crippen LogP contribution in [0, 0.1) is 47.3 Å². The van der Waals surface area contributed by atoms with E-state index in [1.807, 2.05) is 27.7 Å². The Labute approximate surface area is 612 Å². The summed E-state index contributed by atoms with van der Waals surface area (Å²) in [7, 11) is 0. The molecule has 10 aliphatic rings. The van der Waals surface area contributed by atoms with Crippen molar-refractivity contribution in [1.82, 2.24) is 0 Å². The Hall–Kier alpha value is 0.